The quantitative estimate of drug-likeness (QED) is 0.849. The zero-order valence-electron chi connectivity index (χ0n) is 9.98. The van der Waals surface area contributed by atoms with Crippen molar-refractivity contribution in [1.82, 2.24) is 15.1 Å². The Morgan fingerprint density at radius 3 is 3.00 bits per heavy atom. The maximum atomic E-state index is 11.8. The third-order valence-corrected chi connectivity index (χ3v) is 3.52. The molecule has 2 heterocycles. The minimum atomic E-state index is 0.123. The van der Waals surface area contributed by atoms with Crippen LogP contribution in [0.1, 0.15) is 0 Å². The standard InChI is InChI=1S/C12H13ClN4O/c1-16-2-3-17(7-12(16)18)11-5-8(13)4-10-9(11)6-14-15-10/h4-6H,2-3,7H2,1H3,(H,14,15). The number of nitrogens with zero attached hydrogens (tertiary/aromatic N) is 3. The van der Waals surface area contributed by atoms with E-state index in [1.165, 1.54) is 0 Å². The molecule has 0 bridgehead atoms. The molecule has 0 spiro atoms. The van der Waals surface area contributed by atoms with E-state index in [2.05, 4.69) is 10.2 Å². The first-order valence-corrected chi connectivity index (χ1v) is 6.14. The normalized spacial score (nSPS) is 16.7. The number of anilines is 1. The predicted octanol–water partition coefficient (Wildman–Crippen LogP) is 1.49. The highest BCUT2D eigenvalue weighted by molar-refractivity contribution is 6.31. The summed E-state index contributed by atoms with van der Waals surface area (Å²) in [6.45, 7) is 1.92. The molecule has 3 rings (SSSR count). The second-order valence-corrected chi connectivity index (χ2v) is 4.93. The van der Waals surface area contributed by atoms with Crippen LogP contribution < -0.4 is 4.90 Å². The number of rotatable bonds is 1. The van der Waals surface area contributed by atoms with Crippen molar-refractivity contribution in [2.45, 2.75) is 0 Å². The van der Waals surface area contributed by atoms with Crippen molar-refractivity contribution in [2.24, 2.45) is 0 Å². The highest BCUT2D eigenvalue weighted by Gasteiger charge is 2.23. The number of aromatic amines is 1. The van der Waals surface area contributed by atoms with E-state index < -0.39 is 0 Å². The summed E-state index contributed by atoms with van der Waals surface area (Å²) in [5.41, 5.74) is 1.86. The average molecular weight is 265 g/mol. The molecule has 1 aliphatic rings. The van der Waals surface area contributed by atoms with Gasteiger partial charge in [-0.25, -0.2) is 0 Å². The van der Waals surface area contributed by atoms with E-state index in [1.54, 1.807) is 11.1 Å². The first-order chi connectivity index (χ1) is 8.65. The van der Waals surface area contributed by atoms with Crippen LogP contribution in [-0.4, -0.2) is 47.7 Å². The topological polar surface area (TPSA) is 52.2 Å². The maximum Gasteiger partial charge on any atom is 0.241 e. The smallest absolute Gasteiger partial charge is 0.241 e. The molecule has 1 amide bonds. The minimum Gasteiger partial charge on any atom is -0.360 e. The zero-order chi connectivity index (χ0) is 12.7. The van der Waals surface area contributed by atoms with Gasteiger partial charge >= 0.3 is 0 Å². The number of halogens is 1. The van der Waals surface area contributed by atoms with Crippen molar-refractivity contribution >= 4 is 34.1 Å². The fourth-order valence-corrected chi connectivity index (χ4v) is 2.44. The summed E-state index contributed by atoms with van der Waals surface area (Å²) in [7, 11) is 1.82. The number of aromatic nitrogens is 2. The zero-order valence-corrected chi connectivity index (χ0v) is 10.7. The summed E-state index contributed by atoms with van der Waals surface area (Å²) in [4.78, 5) is 15.6. The summed E-state index contributed by atoms with van der Waals surface area (Å²) in [5, 5.41) is 8.57. The Bertz CT molecular complexity index is 609. The molecule has 1 N–H and O–H groups in total. The fourth-order valence-electron chi connectivity index (χ4n) is 2.22. The predicted molar refractivity (Wildman–Crippen MR) is 71.0 cm³/mol. The number of nitrogens with one attached hydrogen (secondary N) is 1. The molecule has 0 unspecified atom stereocenters. The lowest BCUT2D eigenvalue weighted by molar-refractivity contribution is -0.129. The van der Waals surface area contributed by atoms with E-state index in [9.17, 15) is 4.79 Å². The van der Waals surface area contributed by atoms with Crippen molar-refractivity contribution in [1.29, 1.82) is 0 Å². The van der Waals surface area contributed by atoms with Crippen LogP contribution in [0.5, 0.6) is 0 Å². The first-order valence-electron chi connectivity index (χ1n) is 5.76. The fraction of sp³-hybridized carbons (Fsp3) is 0.333. The lowest BCUT2D eigenvalue weighted by atomic mass is 10.2. The van der Waals surface area contributed by atoms with Crippen LogP contribution in [0, 0.1) is 0 Å². The van der Waals surface area contributed by atoms with Crippen LogP contribution >= 0.6 is 11.6 Å². The Hall–Kier alpha value is -1.75. The van der Waals surface area contributed by atoms with E-state index in [4.69, 9.17) is 11.6 Å². The number of fused-ring (bicyclic) bond motifs is 1. The Labute approximate surface area is 109 Å². The van der Waals surface area contributed by atoms with Gasteiger partial charge in [0.05, 0.1) is 18.3 Å². The van der Waals surface area contributed by atoms with Crippen LogP contribution in [0.25, 0.3) is 10.9 Å². The van der Waals surface area contributed by atoms with E-state index in [0.29, 0.717) is 11.6 Å². The van der Waals surface area contributed by atoms with Crippen molar-refractivity contribution in [3.63, 3.8) is 0 Å². The number of hydrogen-bond acceptors (Lipinski definition) is 3. The Morgan fingerprint density at radius 1 is 1.39 bits per heavy atom. The van der Waals surface area contributed by atoms with E-state index in [1.807, 2.05) is 24.1 Å². The van der Waals surface area contributed by atoms with Gasteiger partial charge in [-0.15, -0.1) is 0 Å². The molecule has 1 aromatic carbocycles. The van der Waals surface area contributed by atoms with Crippen LogP contribution in [0.2, 0.25) is 5.02 Å². The van der Waals surface area contributed by atoms with E-state index in [-0.39, 0.29) is 5.91 Å². The molecule has 0 aliphatic carbocycles. The number of H-pyrrole nitrogens is 1. The van der Waals surface area contributed by atoms with Gasteiger partial charge in [0, 0.05) is 36.2 Å². The number of piperazine rings is 1. The molecule has 5 nitrogen and oxygen atoms in total. The van der Waals surface area contributed by atoms with Crippen LogP contribution in [0.3, 0.4) is 0 Å². The molecule has 18 heavy (non-hydrogen) atoms. The van der Waals surface area contributed by atoms with E-state index >= 15 is 0 Å². The molecule has 0 atom stereocenters. The summed E-state index contributed by atoms with van der Waals surface area (Å²) in [5.74, 6) is 0.123. The Kier molecular flexibility index (Phi) is 2.63. The maximum absolute atomic E-state index is 11.8. The Balaban J connectivity index is 2.03. The number of carbonyl (C=O) groups excluding carboxylic acids is 1. The van der Waals surface area contributed by atoms with Gasteiger partial charge in [-0.05, 0) is 12.1 Å². The third-order valence-electron chi connectivity index (χ3n) is 3.30. The van der Waals surface area contributed by atoms with Crippen molar-refractivity contribution in [2.75, 3.05) is 31.6 Å². The van der Waals surface area contributed by atoms with Gasteiger partial charge in [-0.1, -0.05) is 11.6 Å². The molecule has 2 aromatic rings. The molecule has 1 saturated heterocycles. The van der Waals surface area contributed by atoms with Gasteiger partial charge in [0.15, 0.2) is 0 Å². The highest BCUT2D eigenvalue weighted by Crippen LogP contribution is 2.30. The molecule has 1 aromatic heterocycles. The summed E-state index contributed by atoms with van der Waals surface area (Å²) in [6.07, 6.45) is 1.77. The van der Waals surface area contributed by atoms with Crippen molar-refractivity contribution in [3.05, 3.63) is 23.4 Å². The molecule has 0 saturated carbocycles. The lowest BCUT2D eigenvalue weighted by Crippen LogP contribution is -2.48. The SMILES string of the molecule is CN1CCN(c2cc(Cl)cc3[nH]ncc23)CC1=O. The summed E-state index contributed by atoms with van der Waals surface area (Å²) >= 11 is 6.10. The van der Waals surface area contributed by atoms with Crippen molar-refractivity contribution < 1.29 is 4.79 Å². The summed E-state index contributed by atoms with van der Waals surface area (Å²) in [6, 6.07) is 3.73. The molecule has 6 heteroatoms. The molecule has 1 fully saturated rings. The van der Waals surface area contributed by atoms with Gasteiger partial charge in [0.1, 0.15) is 0 Å². The molecular weight excluding hydrogens is 252 g/mol. The second kappa shape index (κ2) is 4.17. The largest absolute Gasteiger partial charge is 0.360 e. The monoisotopic (exact) mass is 264 g/mol. The van der Waals surface area contributed by atoms with Crippen LogP contribution in [0.15, 0.2) is 18.3 Å². The number of hydrogen-bond donors (Lipinski definition) is 1. The molecule has 0 radical (unpaired) electrons. The lowest BCUT2D eigenvalue weighted by Gasteiger charge is -2.33. The third kappa shape index (κ3) is 1.80. The van der Waals surface area contributed by atoms with Crippen LogP contribution in [-0.2, 0) is 4.79 Å². The van der Waals surface area contributed by atoms with Crippen LogP contribution in [0.4, 0.5) is 5.69 Å². The number of carbonyl (C=O) groups is 1. The number of amides is 1. The second-order valence-electron chi connectivity index (χ2n) is 4.49. The number of benzene rings is 1. The number of likely N-dealkylation sites (N-methyl/N-ethyl adjacent to an activating group) is 1. The minimum absolute atomic E-state index is 0.123. The van der Waals surface area contributed by atoms with Gasteiger partial charge in [0.25, 0.3) is 0 Å². The van der Waals surface area contributed by atoms with Gasteiger partial charge in [-0.2, -0.15) is 5.10 Å². The summed E-state index contributed by atoms with van der Waals surface area (Å²) < 4.78 is 0. The van der Waals surface area contributed by atoms with Crippen molar-refractivity contribution in [3.8, 4) is 0 Å². The molecular formula is C12H13ClN4O. The van der Waals surface area contributed by atoms with Gasteiger partial charge < -0.3 is 9.80 Å². The first kappa shape index (κ1) is 11.3. The van der Waals surface area contributed by atoms with Gasteiger partial charge in [0.2, 0.25) is 5.91 Å². The van der Waals surface area contributed by atoms with E-state index in [0.717, 1.165) is 29.7 Å². The molecule has 1 aliphatic heterocycles. The average Bonchev–Trinajstić information content (AvgIpc) is 2.79. The Morgan fingerprint density at radius 2 is 2.22 bits per heavy atom. The van der Waals surface area contributed by atoms with Gasteiger partial charge in [-0.3, -0.25) is 9.89 Å². The molecule has 94 valence electrons. The highest BCUT2D eigenvalue weighted by atomic mass is 35.5.